The van der Waals surface area contributed by atoms with Crippen LogP contribution in [0.5, 0.6) is 0 Å². The van der Waals surface area contributed by atoms with Crippen molar-refractivity contribution in [2.75, 3.05) is 0 Å². The van der Waals surface area contributed by atoms with Crippen molar-refractivity contribution in [3.63, 3.8) is 0 Å². The molecule has 0 radical (unpaired) electrons. The number of hydrogen-bond donors (Lipinski definition) is 1. The average molecular weight is 243 g/mol. The number of halogens is 1. The van der Waals surface area contributed by atoms with Gasteiger partial charge in [-0.1, -0.05) is 42.5 Å². The summed E-state index contributed by atoms with van der Waals surface area (Å²) in [6.07, 6.45) is 0.218. The molecule has 0 aliphatic carbocycles. The molecule has 0 saturated heterocycles. The summed E-state index contributed by atoms with van der Waals surface area (Å²) in [5.74, 6) is -0.776. The fourth-order valence-electron chi connectivity index (χ4n) is 2.01. The first-order chi connectivity index (χ1) is 8.66. The minimum atomic E-state index is -0.367. The molecule has 0 aliphatic rings. The molecule has 2 N–H and O–H groups in total. The summed E-state index contributed by atoms with van der Waals surface area (Å²) < 4.78 is 12.9. The molecule has 0 saturated carbocycles. The van der Waals surface area contributed by atoms with Gasteiger partial charge in [-0.15, -0.1) is 0 Å². The van der Waals surface area contributed by atoms with Gasteiger partial charge in [-0.05, 0) is 23.3 Å². The Bertz CT molecular complexity index is 522. The van der Waals surface area contributed by atoms with Gasteiger partial charge in [0.15, 0.2) is 0 Å². The van der Waals surface area contributed by atoms with Crippen LogP contribution in [0, 0.1) is 5.82 Å². The fraction of sp³-hybridized carbons (Fsp3) is 0.133. The molecule has 3 heteroatoms. The van der Waals surface area contributed by atoms with E-state index in [1.165, 1.54) is 12.1 Å². The molecule has 0 heterocycles. The van der Waals surface area contributed by atoms with Gasteiger partial charge < -0.3 is 5.73 Å². The molecule has 0 fully saturated rings. The summed E-state index contributed by atoms with van der Waals surface area (Å²) in [7, 11) is 0. The normalized spacial score (nSPS) is 12.1. The second kappa shape index (κ2) is 5.45. The van der Waals surface area contributed by atoms with Crippen molar-refractivity contribution >= 4 is 5.91 Å². The molecule has 92 valence electrons. The number of primary amides is 1. The molecular formula is C15H14FNO. The topological polar surface area (TPSA) is 43.1 Å². The van der Waals surface area contributed by atoms with Gasteiger partial charge in [0.05, 0.1) is 0 Å². The van der Waals surface area contributed by atoms with Crippen LogP contribution in [0.1, 0.15) is 23.5 Å². The van der Waals surface area contributed by atoms with Crippen LogP contribution in [0.3, 0.4) is 0 Å². The van der Waals surface area contributed by atoms with Crippen LogP contribution in [0.2, 0.25) is 0 Å². The maximum absolute atomic E-state index is 12.9. The second-order valence-corrected chi connectivity index (χ2v) is 4.19. The molecule has 2 aromatic rings. The maximum atomic E-state index is 12.9. The molecular weight excluding hydrogens is 229 g/mol. The third-order valence-corrected chi connectivity index (χ3v) is 2.88. The summed E-state index contributed by atoms with van der Waals surface area (Å²) >= 11 is 0. The van der Waals surface area contributed by atoms with E-state index in [4.69, 9.17) is 5.73 Å². The number of amides is 1. The molecule has 2 nitrogen and oxygen atoms in total. The molecule has 0 spiro atoms. The standard InChI is InChI=1S/C15H14FNO/c16-13-8-6-12(7-9-13)14(10-15(17)18)11-4-2-1-3-5-11/h1-9,14H,10H2,(H2,17,18). The van der Waals surface area contributed by atoms with E-state index in [0.717, 1.165) is 11.1 Å². The van der Waals surface area contributed by atoms with Crippen molar-refractivity contribution in [3.05, 3.63) is 71.5 Å². The fourth-order valence-corrected chi connectivity index (χ4v) is 2.01. The first kappa shape index (κ1) is 12.3. The van der Waals surface area contributed by atoms with Gasteiger partial charge in [-0.25, -0.2) is 4.39 Å². The van der Waals surface area contributed by atoms with E-state index in [9.17, 15) is 9.18 Å². The zero-order valence-corrected chi connectivity index (χ0v) is 9.84. The molecule has 0 aromatic heterocycles. The molecule has 1 unspecified atom stereocenters. The number of carbonyl (C=O) groups is 1. The van der Waals surface area contributed by atoms with E-state index in [2.05, 4.69) is 0 Å². The Hall–Kier alpha value is -2.16. The summed E-state index contributed by atoms with van der Waals surface area (Å²) in [4.78, 5) is 11.2. The number of benzene rings is 2. The maximum Gasteiger partial charge on any atom is 0.218 e. The lowest BCUT2D eigenvalue weighted by atomic mass is 9.88. The Morgan fingerprint density at radius 1 is 1.00 bits per heavy atom. The van der Waals surface area contributed by atoms with Gasteiger partial charge in [-0.3, -0.25) is 4.79 Å². The molecule has 18 heavy (non-hydrogen) atoms. The van der Waals surface area contributed by atoms with Crippen LogP contribution in [-0.2, 0) is 4.79 Å². The minimum absolute atomic E-state index is 0.121. The van der Waals surface area contributed by atoms with Gasteiger partial charge >= 0.3 is 0 Å². The van der Waals surface area contributed by atoms with Crippen LogP contribution in [0.25, 0.3) is 0 Å². The molecule has 0 bridgehead atoms. The van der Waals surface area contributed by atoms with Gasteiger partial charge in [0.1, 0.15) is 5.82 Å². The third kappa shape index (κ3) is 2.94. The number of hydrogen-bond acceptors (Lipinski definition) is 1. The quantitative estimate of drug-likeness (QED) is 0.881. The molecule has 1 atom stereocenters. The van der Waals surface area contributed by atoms with E-state index in [1.54, 1.807) is 12.1 Å². The Morgan fingerprint density at radius 2 is 1.56 bits per heavy atom. The lowest BCUT2D eigenvalue weighted by Crippen LogP contribution is -2.16. The summed E-state index contributed by atoms with van der Waals surface area (Å²) in [6.45, 7) is 0. The average Bonchev–Trinajstić information content (AvgIpc) is 2.38. The van der Waals surface area contributed by atoms with Crippen LogP contribution in [-0.4, -0.2) is 5.91 Å². The van der Waals surface area contributed by atoms with Crippen molar-refractivity contribution in [3.8, 4) is 0 Å². The number of rotatable bonds is 4. The SMILES string of the molecule is NC(=O)CC(c1ccccc1)c1ccc(F)cc1. The highest BCUT2D eigenvalue weighted by molar-refractivity contribution is 5.75. The third-order valence-electron chi connectivity index (χ3n) is 2.88. The van der Waals surface area contributed by atoms with Gasteiger partial charge in [0.25, 0.3) is 0 Å². The minimum Gasteiger partial charge on any atom is -0.370 e. The van der Waals surface area contributed by atoms with Crippen molar-refractivity contribution in [2.24, 2.45) is 5.73 Å². The highest BCUT2D eigenvalue weighted by Gasteiger charge is 2.16. The van der Waals surface area contributed by atoms with Crippen LogP contribution in [0.15, 0.2) is 54.6 Å². The van der Waals surface area contributed by atoms with Crippen molar-refractivity contribution in [1.29, 1.82) is 0 Å². The first-order valence-corrected chi connectivity index (χ1v) is 5.75. The first-order valence-electron chi connectivity index (χ1n) is 5.75. The van der Waals surface area contributed by atoms with Crippen LogP contribution >= 0.6 is 0 Å². The Morgan fingerprint density at radius 3 is 2.11 bits per heavy atom. The van der Waals surface area contributed by atoms with Gasteiger partial charge in [0, 0.05) is 12.3 Å². The van der Waals surface area contributed by atoms with Crippen molar-refractivity contribution < 1.29 is 9.18 Å². The lowest BCUT2D eigenvalue weighted by molar-refractivity contribution is -0.118. The van der Waals surface area contributed by atoms with Gasteiger partial charge in [-0.2, -0.15) is 0 Å². The van der Waals surface area contributed by atoms with E-state index >= 15 is 0 Å². The van der Waals surface area contributed by atoms with Crippen LogP contribution < -0.4 is 5.73 Å². The van der Waals surface area contributed by atoms with E-state index in [-0.39, 0.29) is 24.1 Å². The van der Waals surface area contributed by atoms with E-state index in [0.29, 0.717) is 0 Å². The van der Waals surface area contributed by atoms with Crippen molar-refractivity contribution in [2.45, 2.75) is 12.3 Å². The second-order valence-electron chi connectivity index (χ2n) is 4.19. The predicted molar refractivity (Wildman–Crippen MR) is 68.5 cm³/mol. The molecule has 2 rings (SSSR count). The molecule has 1 amide bonds. The molecule has 2 aromatic carbocycles. The summed E-state index contributed by atoms with van der Waals surface area (Å²) in [5, 5.41) is 0. The summed E-state index contributed by atoms with van der Waals surface area (Å²) in [6, 6.07) is 15.8. The number of nitrogens with two attached hydrogens (primary N) is 1. The Balaban J connectivity index is 2.36. The zero-order valence-electron chi connectivity index (χ0n) is 9.84. The largest absolute Gasteiger partial charge is 0.370 e. The number of carbonyl (C=O) groups excluding carboxylic acids is 1. The highest BCUT2D eigenvalue weighted by Crippen LogP contribution is 2.27. The summed E-state index contributed by atoms with van der Waals surface area (Å²) in [5.41, 5.74) is 7.18. The van der Waals surface area contributed by atoms with Crippen molar-refractivity contribution in [1.82, 2.24) is 0 Å². The van der Waals surface area contributed by atoms with Crippen LogP contribution in [0.4, 0.5) is 4.39 Å². The predicted octanol–water partition coefficient (Wildman–Crippen LogP) is 2.83. The molecule has 0 aliphatic heterocycles. The highest BCUT2D eigenvalue weighted by atomic mass is 19.1. The zero-order chi connectivity index (χ0) is 13.0. The Kier molecular flexibility index (Phi) is 3.72. The van der Waals surface area contributed by atoms with Gasteiger partial charge in [0.2, 0.25) is 5.91 Å². The monoisotopic (exact) mass is 243 g/mol. The van der Waals surface area contributed by atoms with E-state index in [1.807, 2.05) is 30.3 Å². The smallest absolute Gasteiger partial charge is 0.218 e. The van der Waals surface area contributed by atoms with E-state index < -0.39 is 0 Å². The Labute approximate surface area is 105 Å². The lowest BCUT2D eigenvalue weighted by Gasteiger charge is -2.16.